The van der Waals surface area contributed by atoms with E-state index in [-0.39, 0.29) is 11.1 Å². The number of aromatic nitrogens is 2. The summed E-state index contributed by atoms with van der Waals surface area (Å²) in [6.45, 7) is 4.56. The fraction of sp³-hybridized carbons (Fsp3) is 0.500. The zero-order chi connectivity index (χ0) is 15.0. The van der Waals surface area contributed by atoms with Crippen LogP contribution in [0.1, 0.15) is 39.5 Å². The monoisotopic (exact) mass is 287 g/mol. The van der Waals surface area contributed by atoms with Gasteiger partial charge in [0.25, 0.3) is 11.1 Å². The molecule has 3 rings (SSSR count). The normalized spacial score (nSPS) is 21.3. The lowest BCUT2D eigenvalue weighted by atomic mass is 9.75. The fourth-order valence-corrected chi connectivity index (χ4v) is 3.39. The zero-order valence-corrected chi connectivity index (χ0v) is 12.5. The van der Waals surface area contributed by atoms with Crippen molar-refractivity contribution in [2.45, 2.75) is 45.6 Å². The number of aromatic amines is 2. The molecule has 5 nitrogen and oxygen atoms in total. The molecule has 3 N–H and O–H groups in total. The van der Waals surface area contributed by atoms with Crippen molar-refractivity contribution < 1.29 is 0 Å². The lowest BCUT2D eigenvalue weighted by molar-refractivity contribution is 0.229. The van der Waals surface area contributed by atoms with Crippen LogP contribution in [0.25, 0.3) is 10.8 Å². The van der Waals surface area contributed by atoms with E-state index in [1.165, 1.54) is 12.8 Å². The summed E-state index contributed by atoms with van der Waals surface area (Å²) in [4.78, 5) is 23.9. The minimum atomic E-state index is -0.266. The molecule has 1 saturated carbocycles. The minimum Gasteiger partial charge on any atom is -0.382 e. The molecule has 5 heteroatoms. The average molecular weight is 287 g/mol. The summed E-state index contributed by atoms with van der Waals surface area (Å²) in [5.41, 5.74) is 0.548. The van der Waals surface area contributed by atoms with Crippen LogP contribution in [-0.2, 0) is 0 Å². The number of fused-ring (bicyclic) bond motifs is 1. The molecular formula is C16H21N3O2. The topological polar surface area (TPSA) is 77.8 Å². The van der Waals surface area contributed by atoms with Gasteiger partial charge in [0.15, 0.2) is 0 Å². The van der Waals surface area contributed by atoms with Gasteiger partial charge in [0.05, 0.1) is 10.8 Å². The van der Waals surface area contributed by atoms with E-state index in [1.807, 2.05) is 12.1 Å². The van der Waals surface area contributed by atoms with Crippen LogP contribution < -0.4 is 16.4 Å². The molecule has 2 aromatic rings. The molecule has 1 aliphatic carbocycles. The molecule has 1 fully saturated rings. The zero-order valence-electron chi connectivity index (χ0n) is 12.5. The summed E-state index contributed by atoms with van der Waals surface area (Å²) in [5, 5.41) is 9.12. The highest BCUT2D eigenvalue weighted by molar-refractivity contribution is 5.92. The number of H-pyrrole nitrogens is 2. The first-order valence-corrected chi connectivity index (χ1v) is 7.46. The lowest BCUT2D eigenvalue weighted by Gasteiger charge is -2.36. The highest BCUT2D eigenvalue weighted by Gasteiger charge is 2.28. The number of rotatable bonds is 2. The van der Waals surface area contributed by atoms with Crippen molar-refractivity contribution in [2.75, 3.05) is 5.32 Å². The molecule has 1 aromatic carbocycles. The van der Waals surface area contributed by atoms with Gasteiger partial charge in [0, 0.05) is 11.7 Å². The number of hydrogen-bond donors (Lipinski definition) is 3. The van der Waals surface area contributed by atoms with Gasteiger partial charge in [-0.25, -0.2) is 0 Å². The SMILES string of the molecule is CC1(C)CCCC(Nc2cccc3c(=O)[nH][nH]c(=O)c23)C1. The van der Waals surface area contributed by atoms with Crippen molar-refractivity contribution in [3.05, 3.63) is 38.9 Å². The first kappa shape index (κ1) is 13.9. The smallest absolute Gasteiger partial charge is 0.272 e. The van der Waals surface area contributed by atoms with Gasteiger partial charge in [-0.05, 0) is 36.8 Å². The summed E-state index contributed by atoms with van der Waals surface area (Å²) < 4.78 is 0. The summed E-state index contributed by atoms with van der Waals surface area (Å²) >= 11 is 0. The van der Waals surface area contributed by atoms with Gasteiger partial charge in [0.1, 0.15) is 0 Å². The summed E-state index contributed by atoms with van der Waals surface area (Å²) in [6, 6.07) is 5.71. The molecular weight excluding hydrogens is 266 g/mol. The van der Waals surface area contributed by atoms with Crippen LogP contribution in [0.2, 0.25) is 0 Å². The third-order valence-electron chi connectivity index (χ3n) is 4.39. The van der Waals surface area contributed by atoms with E-state index in [2.05, 4.69) is 29.4 Å². The van der Waals surface area contributed by atoms with E-state index in [0.29, 0.717) is 22.2 Å². The summed E-state index contributed by atoms with van der Waals surface area (Å²) in [7, 11) is 0. The quantitative estimate of drug-likeness (QED) is 0.794. The lowest BCUT2D eigenvalue weighted by Crippen LogP contribution is -2.32. The molecule has 0 amide bonds. The first-order chi connectivity index (χ1) is 9.96. The largest absolute Gasteiger partial charge is 0.382 e. The van der Waals surface area contributed by atoms with Gasteiger partial charge in [0.2, 0.25) is 0 Å². The van der Waals surface area contributed by atoms with Crippen molar-refractivity contribution in [1.29, 1.82) is 0 Å². The van der Waals surface area contributed by atoms with Crippen LogP contribution in [-0.4, -0.2) is 16.2 Å². The van der Waals surface area contributed by atoms with E-state index in [0.717, 1.165) is 18.5 Å². The van der Waals surface area contributed by atoms with Gasteiger partial charge in [-0.2, -0.15) is 0 Å². The fourth-order valence-electron chi connectivity index (χ4n) is 3.39. The van der Waals surface area contributed by atoms with Crippen molar-refractivity contribution >= 4 is 16.5 Å². The van der Waals surface area contributed by atoms with E-state index in [4.69, 9.17) is 0 Å². The number of nitrogens with one attached hydrogen (secondary N) is 3. The Morgan fingerprint density at radius 2 is 1.95 bits per heavy atom. The molecule has 21 heavy (non-hydrogen) atoms. The van der Waals surface area contributed by atoms with Crippen LogP contribution in [0.4, 0.5) is 5.69 Å². The molecule has 1 unspecified atom stereocenters. The van der Waals surface area contributed by atoms with Crippen LogP contribution >= 0.6 is 0 Å². The molecule has 1 heterocycles. The number of anilines is 1. The van der Waals surface area contributed by atoms with Gasteiger partial charge < -0.3 is 5.32 Å². The van der Waals surface area contributed by atoms with E-state index < -0.39 is 0 Å². The first-order valence-electron chi connectivity index (χ1n) is 7.46. The van der Waals surface area contributed by atoms with Crippen LogP contribution in [0.5, 0.6) is 0 Å². The Kier molecular flexibility index (Phi) is 3.35. The molecule has 112 valence electrons. The highest BCUT2D eigenvalue weighted by Crippen LogP contribution is 2.36. The van der Waals surface area contributed by atoms with Crippen molar-refractivity contribution in [2.24, 2.45) is 5.41 Å². The van der Waals surface area contributed by atoms with Gasteiger partial charge in [-0.15, -0.1) is 0 Å². The van der Waals surface area contributed by atoms with Crippen LogP contribution in [0.3, 0.4) is 0 Å². The minimum absolute atomic E-state index is 0.261. The van der Waals surface area contributed by atoms with Crippen molar-refractivity contribution in [1.82, 2.24) is 10.2 Å². The molecule has 1 aliphatic rings. The maximum atomic E-state index is 12.1. The van der Waals surface area contributed by atoms with Crippen molar-refractivity contribution in [3.8, 4) is 0 Å². The Labute approximate surface area is 122 Å². The maximum absolute atomic E-state index is 12.1. The number of benzene rings is 1. The van der Waals surface area contributed by atoms with Crippen LogP contribution in [0.15, 0.2) is 27.8 Å². The summed E-state index contributed by atoms with van der Waals surface area (Å²) in [5.74, 6) is 0. The third-order valence-corrected chi connectivity index (χ3v) is 4.39. The van der Waals surface area contributed by atoms with Crippen LogP contribution in [0, 0.1) is 5.41 Å². The Balaban J connectivity index is 2.00. The second-order valence-electron chi connectivity index (χ2n) is 6.74. The molecule has 1 aromatic heterocycles. The van der Waals surface area contributed by atoms with E-state index >= 15 is 0 Å². The Morgan fingerprint density at radius 3 is 2.71 bits per heavy atom. The predicted octanol–water partition coefficient (Wildman–Crippen LogP) is 2.60. The average Bonchev–Trinajstić information content (AvgIpc) is 2.42. The van der Waals surface area contributed by atoms with Crippen molar-refractivity contribution in [3.63, 3.8) is 0 Å². The second-order valence-corrected chi connectivity index (χ2v) is 6.74. The Bertz CT molecular complexity index is 773. The molecule has 1 atom stereocenters. The van der Waals surface area contributed by atoms with Gasteiger partial charge >= 0.3 is 0 Å². The van der Waals surface area contributed by atoms with E-state index in [1.54, 1.807) is 6.07 Å². The molecule has 0 bridgehead atoms. The standard InChI is InChI=1S/C16H21N3O2/c1-16(2)8-4-5-10(9-16)17-12-7-3-6-11-13(12)15(21)19-18-14(11)20/h3,6-7,10,17H,4-5,8-9H2,1-2H3,(H,18,20)(H,19,21). The third kappa shape index (κ3) is 2.73. The predicted molar refractivity (Wildman–Crippen MR) is 84.8 cm³/mol. The Hall–Kier alpha value is -2.04. The summed E-state index contributed by atoms with van der Waals surface area (Å²) in [6.07, 6.45) is 4.60. The van der Waals surface area contributed by atoms with Gasteiger partial charge in [-0.1, -0.05) is 26.3 Å². The van der Waals surface area contributed by atoms with Gasteiger partial charge in [-0.3, -0.25) is 19.8 Å². The molecule has 0 radical (unpaired) electrons. The maximum Gasteiger partial charge on any atom is 0.272 e. The molecule has 0 aliphatic heterocycles. The number of hydrogen-bond acceptors (Lipinski definition) is 3. The second kappa shape index (κ2) is 5.06. The molecule has 0 spiro atoms. The Morgan fingerprint density at radius 1 is 1.19 bits per heavy atom. The highest BCUT2D eigenvalue weighted by atomic mass is 16.1. The van der Waals surface area contributed by atoms with E-state index in [9.17, 15) is 9.59 Å². The molecule has 0 saturated heterocycles.